The summed E-state index contributed by atoms with van der Waals surface area (Å²) in [7, 11) is 0. The van der Waals surface area contributed by atoms with Crippen LogP contribution in [0.4, 0.5) is 5.69 Å². The van der Waals surface area contributed by atoms with E-state index in [2.05, 4.69) is 4.98 Å². The van der Waals surface area contributed by atoms with E-state index >= 15 is 0 Å². The van der Waals surface area contributed by atoms with Gasteiger partial charge < -0.3 is 10.1 Å². The normalized spacial score (nSPS) is 10.1. The van der Waals surface area contributed by atoms with Gasteiger partial charge in [0.1, 0.15) is 5.69 Å². The van der Waals surface area contributed by atoms with E-state index in [0.717, 1.165) is 0 Å². The van der Waals surface area contributed by atoms with Gasteiger partial charge in [0.15, 0.2) is 0 Å². The number of hydrogen-bond acceptors (Lipinski definition) is 3. The van der Waals surface area contributed by atoms with E-state index in [4.69, 9.17) is 5.11 Å². The summed E-state index contributed by atoms with van der Waals surface area (Å²) in [6.07, 6.45) is 0. The molecule has 0 aliphatic heterocycles. The molecule has 2 rings (SSSR count). The van der Waals surface area contributed by atoms with Crippen molar-refractivity contribution in [2.24, 2.45) is 0 Å². The summed E-state index contributed by atoms with van der Waals surface area (Å²) in [5.41, 5.74) is 0.712. The lowest BCUT2D eigenvalue weighted by Gasteiger charge is -1.99. The van der Waals surface area contributed by atoms with Gasteiger partial charge in [0.2, 0.25) is 0 Å². The number of aromatic nitrogens is 1. The Morgan fingerprint density at radius 3 is 2.53 bits per heavy atom. The van der Waals surface area contributed by atoms with E-state index in [-0.39, 0.29) is 11.4 Å². The van der Waals surface area contributed by atoms with Crippen LogP contribution in [0.3, 0.4) is 0 Å². The third-order valence-electron chi connectivity index (χ3n) is 2.31. The lowest BCUT2D eigenvalue weighted by Crippen LogP contribution is -1.96. The second-order valence-electron chi connectivity index (χ2n) is 3.37. The Labute approximate surface area is 95.7 Å². The van der Waals surface area contributed by atoms with Crippen LogP contribution in [0.5, 0.6) is 0 Å². The maximum absolute atomic E-state index is 10.8. The molecule has 17 heavy (non-hydrogen) atoms. The predicted octanol–water partition coefficient (Wildman–Crippen LogP) is 2.29. The van der Waals surface area contributed by atoms with Gasteiger partial charge >= 0.3 is 5.97 Å². The Bertz CT molecular complexity index is 589. The number of carboxylic acid groups (broad SMARTS) is 1. The van der Waals surface area contributed by atoms with Gasteiger partial charge in [-0.15, -0.1) is 0 Å². The maximum atomic E-state index is 10.8. The van der Waals surface area contributed by atoms with Crippen molar-refractivity contribution < 1.29 is 14.8 Å². The molecule has 0 radical (unpaired) electrons. The number of aromatic amines is 1. The second-order valence-corrected chi connectivity index (χ2v) is 3.37. The summed E-state index contributed by atoms with van der Waals surface area (Å²) in [6.45, 7) is 0. The second kappa shape index (κ2) is 4.09. The molecule has 6 heteroatoms. The molecule has 86 valence electrons. The minimum absolute atomic E-state index is 0.00171. The lowest BCUT2D eigenvalue weighted by atomic mass is 10.1. The van der Waals surface area contributed by atoms with Gasteiger partial charge in [0.05, 0.1) is 16.2 Å². The summed E-state index contributed by atoms with van der Waals surface area (Å²) in [5, 5.41) is 19.6. The summed E-state index contributed by atoms with van der Waals surface area (Å²) >= 11 is 0. The fourth-order valence-corrected chi connectivity index (χ4v) is 1.54. The van der Waals surface area contributed by atoms with Crippen molar-refractivity contribution in [3.63, 3.8) is 0 Å². The number of rotatable bonds is 3. The predicted molar refractivity (Wildman–Crippen MR) is 59.8 cm³/mol. The van der Waals surface area contributed by atoms with Crippen LogP contribution in [0.2, 0.25) is 0 Å². The van der Waals surface area contributed by atoms with Gasteiger partial charge in [-0.2, -0.15) is 0 Å². The van der Waals surface area contributed by atoms with Crippen LogP contribution in [0.1, 0.15) is 10.5 Å². The summed E-state index contributed by atoms with van der Waals surface area (Å²) in [5.74, 6) is -1.10. The molecule has 6 nitrogen and oxygen atoms in total. The first-order valence-electron chi connectivity index (χ1n) is 4.75. The number of nitrogens with zero attached hydrogens (tertiary/aromatic N) is 1. The number of carbonyl (C=O) groups is 1. The molecule has 1 aromatic carbocycles. The van der Waals surface area contributed by atoms with Gasteiger partial charge in [0, 0.05) is 6.07 Å². The summed E-state index contributed by atoms with van der Waals surface area (Å²) < 4.78 is 0. The highest BCUT2D eigenvalue weighted by atomic mass is 16.6. The topological polar surface area (TPSA) is 96.2 Å². The molecule has 0 saturated heterocycles. The molecule has 0 spiro atoms. The monoisotopic (exact) mass is 232 g/mol. The van der Waals surface area contributed by atoms with Gasteiger partial charge in [-0.1, -0.05) is 12.1 Å². The van der Waals surface area contributed by atoms with Crippen molar-refractivity contribution in [3.05, 3.63) is 52.2 Å². The van der Waals surface area contributed by atoms with Crippen LogP contribution in [-0.4, -0.2) is 21.0 Å². The number of benzene rings is 1. The zero-order valence-corrected chi connectivity index (χ0v) is 8.58. The number of carboxylic acids is 1. The van der Waals surface area contributed by atoms with Crippen molar-refractivity contribution >= 4 is 11.7 Å². The number of nitrogens with one attached hydrogen (secondary N) is 1. The molecular weight excluding hydrogens is 224 g/mol. The zero-order chi connectivity index (χ0) is 12.4. The quantitative estimate of drug-likeness (QED) is 0.626. The summed E-state index contributed by atoms with van der Waals surface area (Å²) in [4.78, 5) is 23.6. The SMILES string of the molecule is O=C(O)c1ccc(-c2ccccc2[N+](=O)[O-])[nH]1. The number of aromatic carboxylic acids is 1. The van der Waals surface area contributed by atoms with E-state index < -0.39 is 10.9 Å². The molecule has 0 fully saturated rings. The lowest BCUT2D eigenvalue weighted by molar-refractivity contribution is -0.384. The van der Waals surface area contributed by atoms with E-state index in [1.165, 1.54) is 18.2 Å². The van der Waals surface area contributed by atoms with Crippen molar-refractivity contribution in [1.82, 2.24) is 4.98 Å². The smallest absolute Gasteiger partial charge is 0.352 e. The van der Waals surface area contributed by atoms with Gasteiger partial charge in [-0.05, 0) is 18.2 Å². The zero-order valence-electron chi connectivity index (χ0n) is 8.58. The van der Waals surface area contributed by atoms with Crippen LogP contribution >= 0.6 is 0 Å². The van der Waals surface area contributed by atoms with Crippen LogP contribution < -0.4 is 0 Å². The molecule has 1 aromatic heterocycles. The Balaban J connectivity index is 2.52. The van der Waals surface area contributed by atoms with Crippen molar-refractivity contribution in [1.29, 1.82) is 0 Å². The standard InChI is InChI=1S/C11H8N2O4/c14-11(15)9-6-5-8(12-9)7-3-1-2-4-10(7)13(16)17/h1-6,12H,(H,14,15). The Kier molecular flexibility index (Phi) is 2.61. The highest BCUT2D eigenvalue weighted by Gasteiger charge is 2.16. The third-order valence-corrected chi connectivity index (χ3v) is 2.31. The molecule has 0 atom stereocenters. The van der Waals surface area contributed by atoms with Crippen LogP contribution in [0, 0.1) is 10.1 Å². The molecule has 0 aliphatic carbocycles. The first kappa shape index (κ1) is 10.9. The molecule has 0 saturated carbocycles. The largest absolute Gasteiger partial charge is 0.477 e. The van der Waals surface area contributed by atoms with E-state index in [0.29, 0.717) is 11.3 Å². The van der Waals surface area contributed by atoms with E-state index in [1.54, 1.807) is 18.2 Å². The van der Waals surface area contributed by atoms with E-state index in [1.807, 2.05) is 0 Å². The average molecular weight is 232 g/mol. The van der Waals surface area contributed by atoms with Crippen LogP contribution in [-0.2, 0) is 0 Å². The fraction of sp³-hybridized carbons (Fsp3) is 0. The Morgan fingerprint density at radius 1 is 1.24 bits per heavy atom. The first-order chi connectivity index (χ1) is 8.09. The van der Waals surface area contributed by atoms with E-state index in [9.17, 15) is 14.9 Å². The minimum Gasteiger partial charge on any atom is -0.477 e. The Hall–Kier alpha value is -2.63. The maximum Gasteiger partial charge on any atom is 0.352 e. The molecule has 2 aromatic rings. The minimum atomic E-state index is -1.10. The van der Waals surface area contributed by atoms with Gasteiger partial charge in [-0.3, -0.25) is 10.1 Å². The van der Waals surface area contributed by atoms with Crippen molar-refractivity contribution in [3.8, 4) is 11.3 Å². The third kappa shape index (κ3) is 2.00. The van der Waals surface area contributed by atoms with Crippen molar-refractivity contribution in [2.45, 2.75) is 0 Å². The number of hydrogen-bond donors (Lipinski definition) is 2. The van der Waals surface area contributed by atoms with Gasteiger partial charge in [-0.25, -0.2) is 4.79 Å². The number of nitro benzene ring substituents is 1. The van der Waals surface area contributed by atoms with Crippen LogP contribution in [0.25, 0.3) is 11.3 Å². The highest BCUT2D eigenvalue weighted by Crippen LogP contribution is 2.28. The molecule has 0 unspecified atom stereocenters. The molecule has 1 heterocycles. The number of para-hydroxylation sites is 1. The molecular formula is C11H8N2O4. The number of nitro groups is 1. The molecule has 0 amide bonds. The molecule has 0 aliphatic rings. The van der Waals surface area contributed by atoms with Crippen molar-refractivity contribution in [2.75, 3.05) is 0 Å². The number of H-pyrrole nitrogens is 1. The van der Waals surface area contributed by atoms with Gasteiger partial charge in [0.25, 0.3) is 5.69 Å². The molecule has 2 N–H and O–H groups in total. The Morgan fingerprint density at radius 2 is 1.94 bits per heavy atom. The first-order valence-corrected chi connectivity index (χ1v) is 4.75. The highest BCUT2D eigenvalue weighted by molar-refractivity contribution is 5.87. The molecule has 0 bridgehead atoms. The average Bonchev–Trinajstić information content (AvgIpc) is 2.78. The van der Waals surface area contributed by atoms with Crippen LogP contribution in [0.15, 0.2) is 36.4 Å². The fourth-order valence-electron chi connectivity index (χ4n) is 1.54. The summed E-state index contributed by atoms with van der Waals surface area (Å²) in [6, 6.07) is 9.03.